The van der Waals surface area contributed by atoms with Gasteiger partial charge in [0.1, 0.15) is 0 Å². The van der Waals surface area contributed by atoms with Gasteiger partial charge in [-0.25, -0.2) is 0 Å². The summed E-state index contributed by atoms with van der Waals surface area (Å²) in [4.78, 5) is 10.4. The summed E-state index contributed by atoms with van der Waals surface area (Å²) < 4.78 is 0. The summed E-state index contributed by atoms with van der Waals surface area (Å²) in [5, 5.41) is 3.22. The van der Waals surface area contributed by atoms with E-state index in [4.69, 9.17) is 5.73 Å². The van der Waals surface area contributed by atoms with Gasteiger partial charge >= 0.3 is 0 Å². The van der Waals surface area contributed by atoms with Crippen LogP contribution < -0.4 is 11.1 Å². The molecule has 3 nitrogen and oxygen atoms in total. The number of allylic oxidation sites excluding steroid dienone is 3. The maximum atomic E-state index is 10.4. The molecule has 108 valence electrons. The van der Waals surface area contributed by atoms with E-state index >= 15 is 0 Å². The minimum absolute atomic E-state index is 0.00629. The number of nitrogens with one attached hydrogen (secondary N) is 1. The number of nitrogens with two attached hydrogens (primary N) is 1. The van der Waals surface area contributed by atoms with E-state index in [1.807, 2.05) is 20.0 Å². The first-order valence-electron chi connectivity index (χ1n) is 6.87. The molecule has 0 aromatic heterocycles. The molecule has 0 bridgehead atoms. The van der Waals surface area contributed by atoms with Crippen LogP contribution in [-0.4, -0.2) is 19.7 Å². The Balaban J connectivity index is 2.89. The van der Waals surface area contributed by atoms with Crippen molar-refractivity contribution < 1.29 is 4.80 Å². The average Bonchev–Trinajstić information content (AvgIpc) is 2.24. The van der Waals surface area contributed by atoms with Gasteiger partial charge in [0, 0.05) is 17.9 Å². The van der Waals surface area contributed by atoms with E-state index in [1.54, 1.807) is 0 Å². The monoisotopic (exact) mass is 280 g/mol. The fourth-order valence-electron chi connectivity index (χ4n) is 2.12. The first-order valence-corrected chi connectivity index (χ1v) is 9.82. The van der Waals surface area contributed by atoms with Gasteiger partial charge in [0.15, 0.2) is 8.32 Å². The van der Waals surface area contributed by atoms with E-state index in [-0.39, 0.29) is 5.04 Å². The highest BCUT2D eigenvalue weighted by molar-refractivity contribution is 6.72. The fourth-order valence-corrected chi connectivity index (χ4v) is 2.86. The molecule has 0 unspecified atom stereocenters. The molecule has 0 saturated carbocycles. The van der Waals surface area contributed by atoms with Crippen molar-refractivity contribution in [1.29, 1.82) is 0 Å². The van der Waals surface area contributed by atoms with Crippen LogP contribution in [-0.2, 0) is 0 Å². The molecular weight excluding hydrogens is 252 g/mol. The summed E-state index contributed by atoms with van der Waals surface area (Å²) in [6.45, 7) is 14.9. The van der Waals surface area contributed by atoms with E-state index in [2.05, 4.69) is 31.8 Å². The number of dihydropyridines is 1. The van der Waals surface area contributed by atoms with Crippen LogP contribution in [0.5, 0.6) is 0 Å². The van der Waals surface area contributed by atoms with E-state index in [0.717, 1.165) is 29.8 Å². The van der Waals surface area contributed by atoms with Crippen LogP contribution in [0.1, 0.15) is 33.6 Å². The van der Waals surface area contributed by atoms with E-state index in [1.165, 1.54) is 5.57 Å². The van der Waals surface area contributed by atoms with Gasteiger partial charge in [-0.05, 0) is 55.1 Å². The number of hydrogen-bond donors (Lipinski definition) is 3. The zero-order valence-corrected chi connectivity index (χ0v) is 13.9. The maximum Gasteiger partial charge on any atom is 0.188 e. The van der Waals surface area contributed by atoms with Crippen molar-refractivity contribution in [3.05, 3.63) is 35.2 Å². The molecule has 0 amide bonds. The highest BCUT2D eigenvalue weighted by atomic mass is 28.4. The molecule has 4 N–H and O–H groups in total. The van der Waals surface area contributed by atoms with E-state index in [9.17, 15) is 4.80 Å². The molecule has 1 aliphatic rings. The van der Waals surface area contributed by atoms with Crippen LogP contribution in [0.25, 0.3) is 0 Å². The lowest BCUT2D eigenvalue weighted by molar-refractivity contribution is 0.451. The summed E-state index contributed by atoms with van der Waals surface area (Å²) in [5.74, 6) is 0. The normalized spacial score (nSPS) is 17.4. The molecule has 0 aromatic carbocycles. The Morgan fingerprint density at radius 1 is 1.42 bits per heavy atom. The van der Waals surface area contributed by atoms with Crippen LogP contribution in [0.15, 0.2) is 35.2 Å². The highest BCUT2D eigenvalue weighted by Crippen LogP contribution is 2.41. The van der Waals surface area contributed by atoms with Crippen LogP contribution in [0.3, 0.4) is 0 Å². The van der Waals surface area contributed by atoms with Gasteiger partial charge in [-0.2, -0.15) is 0 Å². The Hall–Kier alpha value is -0.843. The average molecular weight is 280 g/mol. The molecule has 1 aliphatic heterocycles. The van der Waals surface area contributed by atoms with Gasteiger partial charge in [0.2, 0.25) is 0 Å². The molecule has 1 heterocycles. The molecule has 1 rings (SSSR count). The second-order valence-corrected chi connectivity index (χ2v) is 11.1. The summed E-state index contributed by atoms with van der Waals surface area (Å²) in [5.41, 5.74) is 10.2. The third kappa shape index (κ3) is 3.81. The fraction of sp³-hybridized carbons (Fsp3) is 0.600. The highest BCUT2D eigenvalue weighted by Gasteiger charge is 2.37. The summed E-state index contributed by atoms with van der Waals surface area (Å²) >= 11 is 0. The minimum atomic E-state index is -2.15. The van der Waals surface area contributed by atoms with Crippen LogP contribution in [0, 0.1) is 0 Å². The van der Waals surface area contributed by atoms with Crippen molar-refractivity contribution in [1.82, 2.24) is 5.32 Å². The largest absolute Gasteiger partial charge is 0.432 e. The van der Waals surface area contributed by atoms with Gasteiger partial charge in [-0.1, -0.05) is 20.4 Å². The van der Waals surface area contributed by atoms with Crippen LogP contribution in [0.2, 0.25) is 18.1 Å². The zero-order valence-electron chi connectivity index (χ0n) is 12.9. The standard InChI is InChI=1S/C15H28N2OSi/c1-11-9-13(14(10-16)12(2)17-11)7-8-15(3,4)19(5,6)18/h9,17-18H,2,7-8,10,16H2,1,3-6H3. The predicted molar refractivity (Wildman–Crippen MR) is 85.1 cm³/mol. The topological polar surface area (TPSA) is 58.3 Å². The predicted octanol–water partition coefficient (Wildman–Crippen LogP) is 3.02. The van der Waals surface area contributed by atoms with Crippen molar-refractivity contribution in [2.75, 3.05) is 6.54 Å². The maximum absolute atomic E-state index is 10.4. The Kier molecular flexibility index (Phi) is 4.82. The van der Waals surface area contributed by atoms with Crippen molar-refractivity contribution in [3.63, 3.8) is 0 Å². The van der Waals surface area contributed by atoms with Gasteiger partial charge < -0.3 is 15.8 Å². The van der Waals surface area contributed by atoms with Crippen molar-refractivity contribution in [2.24, 2.45) is 5.73 Å². The van der Waals surface area contributed by atoms with Gasteiger partial charge in [0.25, 0.3) is 0 Å². The van der Waals surface area contributed by atoms with Crippen LogP contribution >= 0.6 is 0 Å². The molecule has 0 fully saturated rings. The Labute approximate surface area is 118 Å². The number of hydrogen-bond acceptors (Lipinski definition) is 3. The van der Waals surface area contributed by atoms with Gasteiger partial charge in [-0.15, -0.1) is 0 Å². The third-order valence-corrected chi connectivity index (χ3v) is 7.93. The number of rotatable bonds is 5. The summed E-state index contributed by atoms with van der Waals surface area (Å²) in [7, 11) is -2.15. The Bertz CT molecular complexity index is 428. The minimum Gasteiger partial charge on any atom is -0.432 e. The summed E-state index contributed by atoms with van der Waals surface area (Å²) in [6.07, 6.45) is 4.06. The lowest BCUT2D eigenvalue weighted by Crippen LogP contribution is -2.39. The van der Waals surface area contributed by atoms with Gasteiger partial charge in [0.05, 0.1) is 0 Å². The second-order valence-electron chi connectivity index (χ2n) is 6.58. The SMILES string of the molecule is C=C1NC(C)=CC(CCC(C)(C)[Si](C)(C)O)=C1CN. The first-order chi connectivity index (χ1) is 8.58. The molecule has 19 heavy (non-hydrogen) atoms. The Morgan fingerprint density at radius 2 is 2.00 bits per heavy atom. The van der Waals surface area contributed by atoms with Crippen LogP contribution in [0.4, 0.5) is 0 Å². The molecule has 0 spiro atoms. The molecule has 0 aliphatic carbocycles. The zero-order chi connectivity index (χ0) is 14.8. The third-order valence-electron chi connectivity index (χ3n) is 4.37. The summed E-state index contributed by atoms with van der Waals surface area (Å²) in [6, 6.07) is 0. The quantitative estimate of drug-likeness (QED) is 0.679. The van der Waals surface area contributed by atoms with Crippen molar-refractivity contribution in [3.8, 4) is 0 Å². The Morgan fingerprint density at radius 3 is 2.47 bits per heavy atom. The van der Waals surface area contributed by atoms with E-state index in [0.29, 0.717) is 6.54 Å². The molecule has 0 aromatic rings. The van der Waals surface area contributed by atoms with Crippen molar-refractivity contribution in [2.45, 2.75) is 51.7 Å². The first kappa shape index (κ1) is 16.2. The molecule has 0 atom stereocenters. The molecule has 4 heteroatoms. The molecule has 0 saturated heterocycles. The van der Waals surface area contributed by atoms with Crippen molar-refractivity contribution >= 4 is 8.32 Å². The van der Waals surface area contributed by atoms with Gasteiger partial charge in [-0.3, -0.25) is 0 Å². The molecular formula is C15H28N2OSi. The smallest absolute Gasteiger partial charge is 0.188 e. The second kappa shape index (κ2) is 5.65. The lowest BCUT2D eigenvalue weighted by atomic mass is 9.93. The molecule has 0 radical (unpaired) electrons. The lowest BCUT2D eigenvalue weighted by Gasteiger charge is -2.35. The van der Waals surface area contributed by atoms with E-state index < -0.39 is 8.32 Å².